The molecule has 0 saturated carbocycles. The number of amides is 1. The van der Waals surface area contributed by atoms with Gasteiger partial charge in [0, 0.05) is 0 Å². The summed E-state index contributed by atoms with van der Waals surface area (Å²) in [5.41, 5.74) is 2.27. The minimum Gasteiger partial charge on any atom is -0.459 e. The second-order valence-corrected chi connectivity index (χ2v) is 4.09. The summed E-state index contributed by atoms with van der Waals surface area (Å²) in [5, 5.41) is 2.89. The van der Waals surface area contributed by atoms with Gasteiger partial charge in [-0.1, -0.05) is 29.8 Å². The number of aryl methyl sites for hydroxylation is 1. The summed E-state index contributed by atoms with van der Waals surface area (Å²) in [5.74, 6) is 0.147. The van der Waals surface area contributed by atoms with E-state index in [1.165, 1.54) is 11.8 Å². The molecule has 1 aromatic carbocycles. The summed E-state index contributed by atoms with van der Waals surface area (Å²) in [6.45, 7) is 3.99. The summed E-state index contributed by atoms with van der Waals surface area (Å²) >= 11 is 0. The van der Waals surface area contributed by atoms with Gasteiger partial charge in [-0.25, -0.2) is 0 Å². The van der Waals surface area contributed by atoms with Crippen LogP contribution in [0.3, 0.4) is 0 Å². The molecule has 1 atom stereocenters. The number of carbonyl (C=O) groups excluding carboxylic acids is 1. The molecule has 1 heterocycles. The number of nitrogens with one attached hydrogen (secondary N) is 1. The molecule has 0 aliphatic rings. The normalized spacial score (nSPS) is 12.1. The molecule has 0 radical (unpaired) electrons. The number of benzene rings is 1. The van der Waals surface area contributed by atoms with Gasteiger partial charge >= 0.3 is 0 Å². The Kier molecular flexibility index (Phi) is 3.28. The molecule has 2 rings (SSSR count). The van der Waals surface area contributed by atoms with Crippen LogP contribution in [-0.4, -0.2) is 5.91 Å². The molecule has 0 saturated heterocycles. The van der Waals surface area contributed by atoms with E-state index in [-0.39, 0.29) is 11.9 Å². The zero-order valence-electron chi connectivity index (χ0n) is 9.94. The highest BCUT2D eigenvalue weighted by atomic mass is 16.3. The van der Waals surface area contributed by atoms with Crippen LogP contribution in [0.5, 0.6) is 0 Å². The van der Waals surface area contributed by atoms with Gasteiger partial charge in [0.25, 0.3) is 5.91 Å². The van der Waals surface area contributed by atoms with E-state index < -0.39 is 0 Å². The largest absolute Gasteiger partial charge is 0.459 e. The number of rotatable bonds is 3. The lowest BCUT2D eigenvalue weighted by Gasteiger charge is -2.13. The van der Waals surface area contributed by atoms with E-state index in [0.717, 1.165) is 5.56 Å². The zero-order valence-corrected chi connectivity index (χ0v) is 9.94. The van der Waals surface area contributed by atoms with Gasteiger partial charge in [0.05, 0.1) is 12.3 Å². The van der Waals surface area contributed by atoms with E-state index >= 15 is 0 Å². The Morgan fingerprint density at radius 1 is 1.29 bits per heavy atom. The van der Waals surface area contributed by atoms with Crippen LogP contribution in [0.1, 0.15) is 34.6 Å². The van der Waals surface area contributed by atoms with Crippen LogP contribution >= 0.6 is 0 Å². The molecule has 88 valence electrons. The van der Waals surface area contributed by atoms with E-state index in [1.807, 2.05) is 32.0 Å². The third-order valence-electron chi connectivity index (χ3n) is 2.63. The molecule has 0 aliphatic heterocycles. The third kappa shape index (κ3) is 2.75. The smallest absolute Gasteiger partial charge is 0.287 e. The zero-order chi connectivity index (χ0) is 12.3. The molecule has 0 unspecified atom stereocenters. The van der Waals surface area contributed by atoms with Crippen LogP contribution < -0.4 is 5.32 Å². The first-order valence-corrected chi connectivity index (χ1v) is 5.58. The van der Waals surface area contributed by atoms with Crippen molar-refractivity contribution in [2.45, 2.75) is 19.9 Å². The van der Waals surface area contributed by atoms with Gasteiger partial charge < -0.3 is 9.73 Å². The Hall–Kier alpha value is -2.03. The lowest BCUT2D eigenvalue weighted by atomic mass is 10.1. The van der Waals surface area contributed by atoms with Crippen molar-refractivity contribution in [3.63, 3.8) is 0 Å². The maximum Gasteiger partial charge on any atom is 0.287 e. The van der Waals surface area contributed by atoms with E-state index in [9.17, 15) is 4.79 Å². The van der Waals surface area contributed by atoms with Crippen molar-refractivity contribution < 1.29 is 9.21 Å². The Morgan fingerprint density at radius 3 is 2.76 bits per heavy atom. The highest BCUT2D eigenvalue weighted by molar-refractivity contribution is 5.91. The van der Waals surface area contributed by atoms with E-state index in [2.05, 4.69) is 11.4 Å². The van der Waals surface area contributed by atoms with E-state index in [0.29, 0.717) is 5.76 Å². The van der Waals surface area contributed by atoms with Crippen LogP contribution in [0, 0.1) is 6.92 Å². The molecule has 3 nitrogen and oxygen atoms in total. The maximum atomic E-state index is 11.8. The van der Waals surface area contributed by atoms with Crippen molar-refractivity contribution in [1.82, 2.24) is 5.32 Å². The molecule has 0 spiro atoms. The average Bonchev–Trinajstić information content (AvgIpc) is 2.82. The van der Waals surface area contributed by atoms with Gasteiger partial charge in [-0.05, 0) is 31.5 Å². The van der Waals surface area contributed by atoms with Crippen LogP contribution in [0.25, 0.3) is 0 Å². The highest BCUT2D eigenvalue weighted by Gasteiger charge is 2.13. The van der Waals surface area contributed by atoms with Crippen LogP contribution in [0.2, 0.25) is 0 Å². The van der Waals surface area contributed by atoms with E-state index in [4.69, 9.17) is 4.42 Å². The Bertz CT molecular complexity index is 503. The van der Waals surface area contributed by atoms with Gasteiger partial charge in [-0.3, -0.25) is 4.79 Å². The molecule has 2 aromatic rings. The van der Waals surface area contributed by atoms with Crippen molar-refractivity contribution in [2.75, 3.05) is 0 Å². The molecular formula is C14H15NO2. The fourth-order valence-corrected chi connectivity index (χ4v) is 1.70. The predicted molar refractivity (Wildman–Crippen MR) is 65.8 cm³/mol. The molecule has 0 aliphatic carbocycles. The first kappa shape index (κ1) is 11.5. The quantitative estimate of drug-likeness (QED) is 0.878. The highest BCUT2D eigenvalue weighted by Crippen LogP contribution is 2.14. The van der Waals surface area contributed by atoms with Crippen molar-refractivity contribution >= 4 is 5.91 Å². The standard InChI is InChI=1S/C14H15NO2/c1-10-5-3-6-12(9-10)11(2)15-14(16)13-7-4-8-17-13/h3-9,11H,1-2H3,(H,15,16)/t11-/m0/s1. The Morgan fingerprint density at radius 2 is 2.12 bits per heavy atom. The number of hydrogen-bond donors (Lipinski definition) is 1. The minimum absolute atomic E-state index is 0.0347. The average molecular weight is 229 g/mol. The monoisotopic (exact) mass is 229 g/mol. The fourth-order valence-electron chi connectivity index (χ4n) is 1.70. The van der Waals surface area contributed by atoms with Gasteiger partial charge in [0.15, 0.2) is 5.76 Å². The SMILES string of the molecule is Cc1cccc([C@H](C)NC(=O)c2ccco2)c1. The molecule has 3 heteroatoms. The second kappa shape index (κ2) is 4.87. The molecule has 0 fully saturated rings. The molecule has 1 aromatic heterocycles. The van der Waals surface area contributed by atoms with Crippen LogP contribution in [0.4, 0.5) is 0 Å². The maximum absolute atomic E-state index is 11.8. The van der Waals surface area contributed by atoms with Crippen LogP contribution in [0.15, 0.2) is 47.1 Å². The molecule has 1 N–H and O–H groups in total. The molecule has 17 heavy (non-hydrogen) atoms. The van der Waals surface area contributed by atoms with Crippen LogP contribution in [-0.2, 0) is 0 Å². The lowest BCUT2D eigenvalue weighted by molar-refractivity contribution is 0.0912. The summed E-state index contributed by atoms with van der Waals surface area (Å²) in [6.07, 6.45) is 1.49. The number of furan rings is 1. The predicted octanol–water partition coefficient (Wildman–Crippen LogP) is 3.08. The van der Waals surface area contributed by atoms with Gasteiger partial charge in [-0.2, -0.15) is 0 Å². The Balaban J connectivity index is 2.07. The van der Waals surface area contributed by atoms with Crippen molar-refractivity contribution in [1.29, 1.82) is 0 Å². The van der Waals surface area contributed by atoms with Gasteiger partial charge in [0.2, 0.25) is 0 Å². The van der Waals surface area contributed by atoms with Crippen molar-refractivity contribution in [3.8, 4) is 0 Å². The molecule has 1 amide bonds. The van der Waals surface area contributed by atoms with Gasteiger partial charge in [-0.15, -0.1) is 0 Å². The second-order valence-electron chi connectivity index (χ2n) is 4.09. The first-order valence-electron chi connectivity index (χ1n) is 5.58. The summed E-state index contributed by atoms with van der Waals surface area (Å²) < 4.78 is 5.04. The van der Waals surface area contributed by atoms with Crippen molar-refractivity contribution in [2.24, 2.45) is 0 Å². The number of carbonyl (C=O) groups is 1. The summed E-state index contributed by atoms with van der Waals surface area (Å²) in [4.78, 5) is 11.8. The minimum atomic E-state index is -0.191. The van der Waals surface area contributed by atoms with Crippen molar-refractivity contribution in [3.05, 3.63) is 59.5 Å². The molecular weight excluding hydrogens is 214 g/mol. The fraction of sp³-hybridized carbons (Fsp3) is 0.214. The lowest BCUT2D eigenvalue weighted by Crippen LogP contribution is -2.26. The summed E-state index contributed by atoms with van der Waals surface area (Å²) in [6, 6.07) is 11.4. The molecule has 0 bridgehead atoms. The third-order valence-corrected chi connectivity index (χ3v) is 2.63. The van der Waals surface area contributed by atoms with Gasteiger partial charge in [0.1, 0.15) is 0 Å². The number of hydrogen-bond acceptors (Lipinski definition) is 2. The Labute approximate surface area is 100 Å². The summed E-state index contributed by atoms with van der Waals surface area (Å²) in [7, 11) is 0. The topological polar surface area (TPSA) is 42.2 Å². The van der Waals surface area contributed by atoms with E-state index in [1.54, 1.807) is 12.1 Å². The first-order chi connectivity index (χ1) is 8.16.